The van der Waals surface area contributed by atoms with Crippen molar-refractivity contribution in [2.45, 2.75) is 10.1 Å². The molecule has 0 fully saturated rings. The normalized spacial score (nSPS) is 11.6. The van der Waals surface area contributed by atoms with Gasteiger partial charge < -0.3 is 10.6 Å². The minimum absolute atomic E-state index is 0.223. The maximum absolute atomic E-state index is 13.3. The first-order valence-corrected chi connectivity index (χ1v) is 13.0. The number of thioether (sulfide) groups is 1. The lowest BCUT2D eigenvalue weighted by molar-refractivity contribution is -0.115. The highest BCUT2D eigenvalue weighted by molar-refractivity contribution is 8.00. The second-order valence-corrected chi connectivity index (χ2v) is 10.6. The van der Waals surface area contributed by atoms with E-state index in [0.717, 1.165) is 10.5 Å². The topological polar surface area (TPSA) is 58.2 Å². The van der Waals surface area contributed by atoms with Crippen molar-refractivity contribution in [1.82, 2.24) is 0 Å². The van der Waals surface area contributed by atoms with E-state index in [2.05, 4.69) is 10.6 Å². The Morgan fingerprint density at radius 2 is 1.33 bits per heavy atom. The lowest BCUT2D eigenvalue weighted by Crippen LogP contribution is -2.19. The molecule has 0 saturated heterocycles. The Labute approximate surface area is 232 Å². The molecule has 9 heteroatoms. The van der Waals surface area contributed by atoms with Crippen LogP contribution in [-0.2, 0) is 4.79 Å². The second-order valence-electron chi connectivity index (χ2n) is 7.66. The Bertz CT molecular complexity index is 1380. The van der Waals surface area contributed by atoms with Crippen LogP contribution in [0.5, 0.6) is 0 Å². The van der Waals surface area contributed by atoms with E-state index in [1.54, 1.807) is 42.5 Å². The maximum Gasteiger partial charge on any atom is 0.257 e. The van der Waals surface area contributed by atoms with Gasteiger partial charge in [-0.05, 0) is 66.2 Å². The number of anilines is 2. The number of amides is 2. The van der Waals surface area contributed by atoms with Crippen LogP contribution in [0.2, 0.25) is 20.1 Å². The molecule has 1 atom stereocenters. The van der Waals surface area contributed by atoms with Crippen molar-refractivity contribution in [3.63, 3.8) is 0 Å². The van der Waals surface area contributed by atoms with Gasteiger partial charge in [0.15, 0.2) is 0 Å². The molecular formula is C27H18Cl4N2O2S. The summed E-state index contributed by atoms with van der Waals surface area (Å²) in [6.07, 6.45) is 0. The highest BCUT2D eigenvalue weighted by atomic mass is 35.5. The number of hydrogen-bond donors (Lipinski definition) is 2. The molecule has 4 aromatic carbocycles. The molecule has 0 aliphatic rings. The van der Waals surface area contributed by atoms with E-state index < -0.39 is 5.25 Å². The molecule has 4 nitrogen and oxygen atoms in total. The molecule has 0 aliphatic heterocycles. The standard InChI is InChI=1S/C27H18Cl4N2O2S/c28-17-6-11-23(24(31)15-17)26(34)32-20-7-9-22(10-8-20)36-25(16-4-2-1-3-5-16)27(35)33-21-13-18(29)12-19(30)14-21/h1-15,25H,(H,32,34)(H,33,35). The lowest BCUT2D eigenvalue weighted by atomic mass is 10.1. The smallest absolute Gasteiger partial charge is 0.257 e. The first-order chi connectivity index (χ1) is 17.3. The minimum Gasteiger partial charge on any atom is -0.325 e. The second kappa shape index (κ2) is 12.0. The Morgan fingerprint density at radius 1 is 0.667 bits per heavy atom. The Balaban J connectivity index is 1.50. The van der Waals surface area contributed by atoms with Gasteiger partial charge in [-0.15, -0.1) is 11.8 Å². The van der Waals surface area contributed by atoms with Crippen LogP contribution in [0.15, 0.2) is 95.9 Å². The van der Waals surface area contributed by atoms with Gasteiger partial charge in [-0.1, -0.05) is 76.7 Å². The number of rotatable bonds is 7. The fourth-order valence-corrected chi connectivity index (χ4v) is 5.40. The summed E-state index contributed by atoms with van der Waals surface area (Å²) < 4.78 is 0. The summed E-state index contributed by atoms with van der Waals surface area (Å²) in [5.41, 5.74) is 2.26. The third kappa shape index (κ3) is 6.96. The van der Waals surface area contributed by atoms with Gasteiger partial charge in [0, 0.05) is 31.3 Å². The average molecular weight is 576 g/mol. The van der Waals surface area contributed by atoms with E-state index in [4.69, 9.17) is 46.4 Å². The van der Waals surface area contributed by atoms with Crippen LogP contribution in [0.3, 0.4) is 0 Å². The van der Waals surface area contributed by atoms with E-state index in [9.17, 15) is 9.59 Å². The van der Waals surface area contributed by atoms with Crippen molar-refractivity contribution in [2.75, 3.05) is 10.6 Å². The molecule has 0 saturated carbocycles. The van der Waals surface area contributed by atoms with Gasteiger partial charge in [-0.25, -0.2) is 0 Å². The fourth-order valence-electron chi connectivity index (χ4n) is 3.36. The summed E-state index contributed by atoms with van der Waals surface area (Å²) in [7, 11) is 0. The molecule has 0 bridgehead atoms. The van der Waals surface area contributed by atoms with Gasteiger partial charge in [0.25, 0.3) is 5.91 Å². The van der Waals surface area contributed by atoms with Crippen LogP contribution in [0.4, 0.5) is 11.4 Å². The van der Waals surface area contributed by atoms with Crippen LogP contribution in [-0.4, -0.2) is 11.8 Å². The third-order valence-electron chi connectivity index (χ3n) is 5.01. The van der Waals surface area contributed by atoms with Gasteiger partial charge in [0.05, 0.1) is 10.6 Å². The summed E-state index contributed by atoms with van der Waals surface area (Å²) in [5.74, 6) is -0.571. The van der Waals surface area contributed by atoms with Crippen LogP contribution in [0.25, 0.3) is 0 Å². The number of carbonyl (C=O) groups excluding carboxylic acids is 2. The largest absolute Gasteiger partial charge is 0.325 e. The molecule has 1 unspecified atom stereocenters. The number of carbonyl (C=O) groups is 2. The highest BCUT2D eigenvalue weighted by Crippen LogP contribution is 2.37. The van der Waals surface area contributed by atoms with Crippen molar-refractivity contribution in [1.29, 1.82) is 0 Å². The molecule has 0 radical (unpaired) electrons. The molecular weight excluding hydrogens is 558 g/mol. The number of hydrogen-bond acceptors (Lipinski definition) is 3. The first-order valence-electron chi connectivity index (χ1n) is 10.6. The van der Waals surface area contributed by atoms with Crippen molar-refractivity contribution in [2.24, 2.45) is 0 Å². The first kappa shape index (κ1) is 26.4. The van der Waals surface area contributed by atoms with E-state index in [0.29, 0.717) is 32.0 Å². The summed E-state index contributed by atoms with van der Waals surface area (Å²) in [6.45, 7) is 0. The zero-order chi connectivity index (χ0) is 25.7. The fraction of sp³-hybridized carbons (Fsp3) is 0.0370. The number of nitrogens with one attached hydrogen (secondary N) is 2. The number of benzene rings is 4. The van der Waals surface area contributed by atoms with Crippen LogP contribution < -0.4 is 10.6 Å². The predicted octanol–water partition coefficient (Wildman–Crippen LogP) is 9.02. The SMILES string of the molecule is O=C(Nc1ccc(SC(C(=O)Nc2cc(Cl)cc(Cl)c2)c2ccccc2)cc1)c1ccc(Cl)cc1Cl. The molecule has 36 heavy (non-hydrogen) atoms. The minimum atomic E-state index is -0.544. The molecule has 0 heterocycles. The zero-order valence-corrected chi connectivity index (χ0v) is 22.3. The van der Waals surface area contributed by atoms with E-state index >= 15 is 0 Å². The van der Waals surface area contributed by atoms with Gasteiger partial charge in [0.2, 0.25) is 5.91 Å². The van der Waals surface area contributed by atoms with Crippen molar-refractivity contribution in [3.8, 4) is 0 Å². The van der Waals surface area contributed by atoms with Crippen molar-refractivity contribution >= 4 is 81.4 Å². The molecule has 4 aromatic rings. The Hall–Kier alpha value is -2.67. The van der Waals surface area contributed by atoms with Crippen LogP contribution in [0, 0.1) is 0 Å². The van der Waals surface area contributed by atoms with Gasteiger partial charge in [-0.3, -0.25) is 9.59 Å². The summed E-state index contributed by atoms with van der Waals surface area (Å²) in [6, 6.07) is 26.2. The molecule has 0 aliphatic carbocycles. The van der Waals surface area contributed by atoms with Gasteiger partial charge in [-0.2, -0.15) is 0 Å². The van der Waals surface area contributed by atoms with Crippen molar-refractivity contribution < 1.29 is 9.59 Å². The third-order valence-corrected chi connectivity index (χ3v) is 7.26. The Morgan fingerprint density at radius 3 is 1.97 bits per heavy atom. The van der Waals surface area contributed by atoms with E-state index in [-0.39, 0.29) is 16.8 Å². The Kier molecular flexibility index (Phi) is 8.83. The maximum atomic E-state index is 13.3. The average Bonchev–Trinajstić information content (AvgIpc) is 2.83. The number of halogens is 4. The van der Waals surface area contributed by atoms with E-state index in [1.807, 2.05) is 42.5 Å². The zero-order valence-electron chi connectivity index (χ0n) is 18.5. The highest BCUT2D eigenvalue weighted by Gasteiger charge is 2.22. The monoisotopic (exact) mass is 574 g/mol. The summed E-state index contributed by atoms with van der Waals surface area (Å²) in [4.78, 5) is 26.7. The molecule has 2 amide bonds. The summed E-state index contributed by atoms with van der Waals surface area (Å²) >= 11 is 25.6. The van der Waals surface area contributed by atoms with Gasteiger partial charge >= 0.3 is 0 Å². The van der Waals surface area contributed by atoms with Crippen molar-refractivity contribution in [3.05, 3.63) is 122 Å². The molecule has 0 aromatic heterocycles. The van der Waals surface area contributed by atoms with E-state index in [1.165, 1.54) is 17.8 Å². The molecule has 0 spiro atoms. The quantitative estimate of drug-likeness (QED) is 0.216. The lowest BCUT2D eigenvalue weighted by Gasteiger charge is -2.18. The van der Waals surface area contributed by atoms with Crippen LogP contribution in [0.1, 0.15) is 21.2 Å². The molecule has 2 N–H and O–H groups in total. The molecule has 4 rings (SSSR count). The van der Waals surface area contributed by atoms with Crippen LogP contribution >= 0.6 is 58.2 Å². The summed E-state index contributed by atoms with van der Waals surface area (Å²) in [5, 5.41) is 6.75. The molecule has 182 valence electrons. The van der Waals surface area contributed by atoms with Gasteiger partial charge in [0.1, 0.15) is 5.25 Å². The predicted molar refractivity (Wildman–Crippen MR) is 151 cm³/mol.